The fourth-order valence-electron chi connectivity index (χ4n) is 5.22. The molecule has 0 spiro atoms. The summed E-state index contributed by atoms with van der Waals surface area (Å²) in [6.07, 6.45) is 13.2. The highest BCUT2D eigenvalue weighted by Gasteiger charge is 2.22. The van der Waals surface area contributed by atoms with Crippen molar-refractivity contribution in [1.29, 1.82) is 0 Å². The summed E-state index contributed by atoms with van der Waals surface area (Å²) < 4.78 is 1.93. The molecule has 1 saturated heterocycles. The van der Waals surface area contributed by atoms with Crippen LogP contribution in [0.1, 0.15) is 67.9 Å². The second kappa shape index (κ2) is 12.6. The van der Waals surface area contributed by atoms with Gasteiger partial charge in [-0.25, -0.2) is 4.98 Å². The summed E-state index contributed by atoms with van der Waals surface area (Å²) in [6.45, 7) is 3.06. The van der Waals surface area contributed by atoms with Gasteiger partial charge in [-0.15, -0.1) is 0 Å². The van der Waals surface area contributed by atoms with Crippen LogP contribution in [0.4, 0.5) is 5.95 Å². The molecule has 0 saturated carbocycles. The van der Waals surface area contributed by atoms with Crippen molar-refractivity contribution >= 4 is 17.8 Å². The zero-order valence-corrected chi connectivity index (χ0v) is 22.5. The number of carbonyl (C=O) groups is 2. The minimum Gasteiger partial charge on any atom is -0.340 e. The van der Waals surface area contributed by atoms with Gasteiger partial charge in [-0.05, 0) is 75.3 Å². The van der Waals surface area contributed by atoms with Gasteiger partial charge in [0, 0.05) is 48.2 Å². The van der Waals surface area contributed by atoms with Gasteiger partial charge in [0.25, 0.3) is 5.91 Å². The summed E-state index contributed by atoms with van der Waals surface area (Å²) in [5.41, 5.74) is 4.23. The van der Waals surface area contributed by atoms with Crippen LogP contribution in [-0.2, 0) is 11.2 Å². The fourth-order valence-corrected chi connectivity index (χ4v) is 5.22. The quantitative estimate of drug-likeness (QED) is 0.248. The van der Waals surface area contributed by atoms with Gasteiger partial charge >= 0.3 is 0 Å². The molecule has 0 aliphatic carbocycles. The number of hydrogen-bond acceptors (Lipinski definition) is 4. The average Bonchev–Trinajstić information content (AvgIpc) is 3.64. The number of unbranched alkanes of at least 4 members (excludes halogenated alkanes) is 2. The minimum atomic E-state index is -0.222. The number of anilines is 1. The van der Waals surface area contributed by atoms with Crippen molar-refractivity contribution in [3.05, 3.63) is 84.4 Å². The van der Waals surface area contributed by atoms with Crippen molar-refractivity contribution in [3.63, 3.8) is 0 Å². The first kappa shape index (κ1) is 26.4. The molecule has 0 bridgehead atoms. The summed E-state index contributed by atoms with van der Waals surface area (Å²) in [7, 11) is 0. The Morgan fingerprint density at radius 3 is 2.69 bits per heavy atom. The Bertz CT molecular complexity index is 1380. The van der Waals surface area contributed by atoms with E-state index >= 15 is 0 Å². The predicted octanol–water partition coefficient (Wildman–Crippen LogP) is 6.02. The molecule has 0 radical (unpaired) electrons. The lowest BCUT2D eigenvalue weighted by Gasteiger charge is -2.33. The first-order valence-corrected chi connectivity index (χ1v) is 13.9. The molecule has 8 heteroatoms. The van der Waals surface area contributed by atoms with Gasteiger partial charge < -0.3 is 4.90 Å². The normalized spacial score (nSPS) is 15.3. The number of aromatic nitrogens is 4. The summed E-state index contributed by atoms with van der Waals surface area (Å²) >= 11 is 0. The number of aromatic amines is 1. The molecule has 39 heavy (non-hydrogen) atoms. The molecule has 8 nitrogen and oxygen atoms in total. The summed E-state index contributed by atoms with van der Waals surface area (Å²) in [6, 6.07) is 17.7. The number of benzene rings is 2. The van der Waals surface area contributed by atoms with Gasteiger partial charge in [0.15, 0.2) is 0 Å². The monoisotopic (exact) mass is 524 g/mol. The van der Waals surface area contributed by atoms with Crippen LogP contribution in [0.2, 0.25) is 0 Å². The lowest BCUT2D eigenvalue weighted by Crippen LogP contribution is -2.41. The molecule has 2 N–H and O–H groups in total. The second-order valence-corrected chi connectivity index (χ2v) is 10.3. The highest BCUT2D eigenvalue weighted by atomic mass is 16.2. The number of hydrogen-bond donors (Lipinski definition) is 2. The Kier molecular flexibility index (Phi) is 8.51. The van der Waals surface area contributed by atoms with E-state index in [2.05, 4.69) is 27.3 Å². The van der Waals surface area contributed by atoms with Gasteiger partial charge in [-0.1, -0.05) is 36.8 Å². The van der Waals surface area contributed by atoms with E-state index in [4.69, 9.17) is 4.98 Å². The van der Waals surface area contributed by atoms with Crippen LogP contribution in [-0.4, -0.2) is 49.0 Å². The molecule has 1 atom stereocenters. The van der Waals surface area contributed by atoms with Crippen molar-refractivity contribution in [1.82, 2.24) is 24.6 Å². The standard InChI is InChI=1S/C31H36N6O2/c1-23-11-8-9-18-36(23)29(38)17-7-2-4-14-27-22-37(28-15-5-3-6-16-28)31(34-27)35-30(39)25-13-10-12-24(19-25)26-20-32-33-21-26/h3,5-6,10,12-13,15-16,19-23H,2,4,7-9,11,14,17-18H2,1H3,(H,32,33)(H,34,35,39)/t23-/m1/s1. The van der Waals surface area contributed by atoms with E-state index in [1.54, 1.807) is 18.5 Å². The fraction of sp³-hybridized carbons (Fsp3) is 0.355. The van der Waals surface area contributed by atoms with Crippen molar-refractivity contribution in [3.8, 4) is 16.8 Å². The molecule has 4 aromatic rings. The molecule has 1 aliphatic heterocycles. The van der Waals surface area contributed by atoms with Crippen LogP contribution < -0.4 is 5.32 Å². The molecule has 0 unspecified atom stereocenters. The van der Waals surface area contributed by atoms with Crippen molar-refractivity contribution in [2.45, 2.75) is 64.3 Å². The van der Waals surface area contributed by atoms with Crippen LogP contribution in [0, 0.1) is 0 Å². The maximum Gasteiger partial charge on any atom is 0.258 e. The minimum absolute atomic E-state index is 0.222. The van der Waals surface area contributed by atoms with E-state index in [0.717, 1.165) is 67.6 Å². The Balaban J connectivity index is 1.22. The van der Waals surface area contributed by atoms with Gasteiger partial charge in [0.1, 0.15) is 0 Å². The van der Waals surface area contributed by atoms with Crippen molar-refractivity contribution in [2.75, 3.05) is 11.9 Å². The average molecular weight is 525 g/mol. The number of aryl methyl sites for hydroxylation is 1. The van der Waals surface area contributed by atoms with E-state index in [1.807, 2.05) is 59.3 Å². The van der Waals surface area contributed by atoms with Gasteiger partial charge in [0.05, 0.1) is 11.9 Å². The highest BCUT2D eigenvalue weighted by molar-refractivity contribution is 6.04. The number of carbonyl (C=O) groups excluding carboxylic acids is 2. The molecular weight excluding hydrogens is 488 g/mol. The summed E-state index contributed by atoms with van der Waals surface area (Å²) in [4.78, 5) is 32.7. The first-order chi connectivity index (χ1) is 19.1. The molecular formula is C31H36N6O2. The van der Waals surface area contributed by atoms with Crippen LogP contribution in [0.25, 0.3) is 16.8 Å². The maximum absolute atomic E-state index is 13.2. The van der Waals surface area contributed by atoms with E-state index in [1.165, 1.54) is 6.42 Å². The van der Waals surface area contributed by atoms with Crippen LogP contribution in [0.15, 0.2) is 73.2 Å². The lowest BCUT2D eigenvalue weighted by atomic mass is 10.0. The first-order valence-electron chi connectivity index (χ1n) is 13.9. The second-order valence-electron chi connectivity index (χ2n) is 10.3. The van der Waals surface area contributed by atoms with Crippen molar-refractivity contribution < 1.29 is 9.59 Å². The Labute approximate surface area is 229 Å². The topological polar surface area (TPSA) is 95.9 Å². The molecule has 1 aliphatic rings. The number of piperidine rings is 1. The number of H-pyrrole nitrogens is 1. The van der Waals surface area contributed by atoms with Crippen LogP contribution in [0.3, 0.4) is 0 Å². The van der Waals surface area contributed by atoms with E-state index in [9.17, 15) is 9.59 Å². The van der Waals surface area contributed by atoms with E-state index < -0.39 is 0 Å². The number of para-hydroxylation sites is 1. The zero-order chi connectivity index (χ0) is 27.0. The van der Waals surface area contributed by atoms with Crippen molar-refractivity contribution in [2.24, 2.45) is 0 Å². The zero-order valence-electron chi connectivity index (χ0n) is 22.5. The molecule has 202 valence electrons. The lowest BCUT2D eigenvalue weighted by molar-refractivity contribution is -0.134. The van der Waals surface area contributed by atoms with E-state index in [-0.39, 0.29) is 11.8 Å². The Morgan fingerprint density at radius 1 is 1.03 bits per heavy atom. The maximum atomic E-state index is 13.2. The third-order valence-electron chi connectivity index (χ3n) is 7.42. The molecule has 5 rings (SSSR count). The van der Waals surface area contributed by atoms with Crippen LogP contribution >= 0.6 is 0 Å². The summed E-state index contributed by atoms with van der Waals surface area (Å²) in [5, 5.41) is 9.82. The van der Waals surface area contributed by atoms with Gasteiger partial charge in [-0.3, -0.25) is 24.6 Å². The number of imidazole rings is 1. The van der Waals surface area contributed by atoms with Crippen LogP contribution in [0.5, 0.6) is 0 Å². The number of nitrogens with one attached hydrogen (secondary N) is 2. The highest BCUT2D eigenvalue weighted by Crippen LogP contribution is 2.22. The molecule has 1 fully saturated rings. The predicted molar refractivity (Wildman–Crippen MR) is 153 cm³/mol. The number of rotatable bonds is 10. The number of likely N-dealkylation sites (tertiary alicyclic amines) is 1. The summed E-state index contributed by atoms with van der Waals surface area (Å²) in [5.74, 6) is 0.557. The SMILES string of the molecule is C[C@@H]1CCCCN1C(=O)CCCCCc1cn(-c2ccccc2)c(NC(=O)c2cccc(-c3cn[nH]c3)c2)n1. The molecule has 2 aromatic carbocycles. The largest absolute Gasteiger partial charge is 0.340 e. The Hall–Kier alpha value is -4.20. The van der Waals surface area contributed by atoms with E-state index in [0.29, 0.717) is 24.0 Å². The number of nitrogens with zero attached hydrogens (tertiary/aromatic N) is 4. The smallest absolute Gasteiger partial charge is 0.258 e. The third-order valence-corrected chi connectivity index (χ3v) is 7.42. The molecule has 3 heterocycles. The van der Waals surface area contributed by atoms with Gasteiger partial charge in [-0.2, -0.15) is 5.10 Å². The molecule has 2 amide bonds. The number of amides is 2. The third kappa shape index (κ3) is 6.63. The van der Waals surface area contributed by atoms with Gasteiger partial charge in [0.2, 0.25) is 11.9 Å². The Morgan fingerprint density at radius 2 is 1.90 bits per heavy atom. The molecule has 2 aromatic heterocycles.